The summed E-state index contributed by atoms with van der Waals surface area (Å²) in [4.78, 5) is 0. The molecule has 0 aliphatic rings. The second kappa shape index (κ2) is 10.6. The number of hydrogen-bond acceptors (Lipinski definition) is 3. The summed E-state index contributed by atoms with van der Waals surface area (Å²) in [6, 6.07) is 0. The van der Waals surface area contributed by atoms with Gasteiger partial charge in [0.2, 0.25) is 0 Å². The first kappa shape index (κ1) is 15.9. The first-order chi connectivity index (χ1) is 1.73. The summed E-state index contributed by atoms with van der Waals surface area (Å²) < 4.78 is 0. The zero-order chi connectivity index (χ0) is 3.58. The Morgan fingerprint density at radius 2 is 1.00 bits per heavy atom. The topological polar surface area (TPSA) is 60.7 Å². The van der Waals surface area contributed by atoms with Gasteiger partial charge in [-0.2, -0.15) is 0 Å². The summed E-state index contributed by atoms with van der Waals surface area (Å²) in [5.41, 5.74) is 0. The zero-order valence-corrected chi connectivity index (χ0v) is 9.84. The molecule has 0 spiro atoms. The van der Waals surface area contributed by atoms with Crippen molar-refractivity contribution in [1.82, 2.24) is 0 Å². The standard InChI is InChI=1S/BH3O3.Ce.Pr/c2-1(3)4;;/h2-4H;;. The average molecular weight is 343 g/mol. The third-order valence-corrected chi connectivity index (χ3v) is 0. The van der Waals surface area contributed by atoms with E-state index in [4.69, 9.17) is 15.1 Å². The fourth-order valence-corrected chi connectivity index (χ4v) is 0. The van der Waals surface area contributed by atoms with Crippen LogP contribution in [-0.2, 0) is 0 Å². The predicted octanol–water partition coefficient (Wildman–Crippen LogP) is -2.05. The molecule has 0 saturated heterocycles. The van der Waals surface area contributed by atoms with E-state index in [0.29, 0.717) is 0 Å². The van der Waals surface area contributed by atoms with Gasteiger partial charge in [0.15, 0.2) is 0 Å². The third kappa shape index (κ3) is 30.0. The van der Waals surface area contributed by atoms with E-state index in [2.05, 4.69) is 0 Å². The molecule has 0 fully saturated rings. The molecule has 0 atom stereocenters. The van der Waals surface area contributed by atoms with Crippen LogP contribution in [0.5, 0.6) is 0 Å². The van der Waals surface area contributed by atoms with Crippen LogP contribution in [0.1, 0.15) is 0 Å². The summed E-state index contributed by atoms with van der Waals surface area (Å²) in [6.45, 7) is 0. The Balaban J connectivity index is -0.0000000450. The monoisotopic (exact) mass is 343 g/mol. The van der Waals surface area contributed by atoms with Crippen molar-refractivity contribution >= 4 is 7.32 Å². The maximum Gasteiger partial charge on any atom is 0.631 e. The van der Waals surface area contributed by atoms with Gasteiger partial charge in [-0.25, -0.2) is 0 Å². The maximum absolute atomic E-state index is 7.17. The fourth-order valence-electron chi connectivity index (χ4n) is 0. The van der Waals surface area contributed by atoms with Gasteiger partial charge in [-0.1, -0.05) is 0 Å². The van der Waals surface area contributed by atoms with Gasteiger partial charge >= 0.3 is 7.32 Å². The summed E-state index contributed by atoms with van der Waals surface area (Å²) in [5, 5.41) is 21.5. The first-order valence-corrected chi connectivity index (χ1v) is 0.775. The number of hydrogen-bond donors (Lipinski definition) is 3. The molecule has 0 rings (SSSR count). The Kier molecular flexibility index (Phi) is 28.1. The minimum atomic E-state index is -2.17. The van der Waals surface area contributed by atoms with Crippen LogP contribution in [0, 0.1) is 83.0 Å². The molecule has 3 nitrogen and oxygen atoms in total. The van der Waals surface area contributed by atoms with Crippen molar-refractivity contribution in [2.75, 3.05) is 0 Å². The summed E-state index contributed by atoms with van der Waals surface area (Å²) in [7, 11) is -2.17. The van der Waals surface area contributed by atoms with E-state index in [1.54, 1.807) is 0 Å². The van der Waals surface area contributed by atoms with Crippen LogP contribution in [0.25, 0.3) is 0 Å². The molecule has 31 valence electrons. The first-order valence-electron chi connectivity index (χ1n) is 0.775. The third-order valence-electron chi connectivity index (χ3n) is 0. The van der Waals surface area contributed by atoms with E-state index in [1.807, 2.05) is 0 Å². The van der Waals surface area contributed by atoms with Gasteiger partial charge in [0.25, 0.3) is 0 Å². The van der Waals surface area contributed by atoms with E-state index in [9.17, 15) is 0 Å². The van der Waals surface area contributed by atoms with Crippen LogP contribution in [0.4, 0.5) is 0 Å². The molecule has 3 N–H and O–H groups in total. The molecule has 0 aromatic rings. The van der Waals surface area contributed by atoms with Gasteiger partial charge in [-0.15, -0.1) is 0 Å². The molecule has 0 aromatic carbocycles. The van der Waals surface area contributed by atoms with Crippen LogP contribution in [-0.4, -0.2) is 22.4 Å². The van der Waals surface area contributed by atoms with Crippen LogP contribution < -0.4 is 0 Å². The molecular formula is H3BCeO3Pr. The molecule has 6 heavy (non-hydrogen) atoms. The average Bonchev–Trinajstić information content (AvgIpc) is 0.811. The maximum atomic E-state index is 7.17. The van der Waals surface area contributed by atoms with E-state index in [-0.39, 0.29) is 83.0 Å². The smallest absolute Gasteiger partial charge is 0.402 e. The van der Waals surface area contributed by atoms with Crippen molar-refractivity contribution < 1.29 is 98.1 Å². The zero-order valence-electron chi connectivity index (χ0n) is 3.00. The Hall–Kier alpha value is 2.69. The predicted molar refractivity (Wildman–Crippen MR) is 12.4 cm³/mol. The molecule has 0 aromatic heterocycles. The van der Waals surface area contributed by atoms with Crippen LogP contribution in [0.2, 0.25) is 0 Å². The Morgan fingerprint density at radius 1 is 1.00 bits per heavy atom. The van der Waals surface area contributed by atoms with Gasteiger partial charge in [-0.3, -0.25) is 0 Å². The van der Waals surface area contributed by atoms with Crippen molar-refractivity contribution in [3.63, 3.8) is 0 Å². The van der Waals surface area contributed by atoms with Crippen molar-refractivity contribution in [3.05, 3.63) is 0 Å². The molecule has 6 heteroatoms. The minimum Gasteiger partial charge on any atom is -0.402 e. The van der Waals surface area contributed by atoms with Crippen molar-refractivity contribution in [2.45, 2.75) is 0 Å². The largest absolute Gasteiger partial charge is 0.631 e. The molecular weight excluding hydrogens is 340 g/mol. The van der Waals surface area contributed by atoms with E-state index in [0.717, 1.165) is 0 Å². The Morgan fingerprint density at radius 3 is 1.00 bits per heavy atom. The van der Waals surface area contributed by atoms with Crippen molar-refractivity contribution in [2.24, 2.45) is 0 Å². The molecule has 1 radical (unpaired) electrons. The SMILES string of the molecule is OB(O)O.[Ce].[Pr]. The van der Waals surface area contributed by atoms with Gasteiger partial charge in [0.1, 0.15) is 0 Å². The van der Waals surface area contributed by atoms with Crippen molar-refractivity contribution in [3.8, 4) is 0 Å². The molecule has 0 unspecified atom stereocenters. The molecule has 0 saturated carbocycles. The Labute approximate surface area is 103 Å². The fraction of sp³-hybridized carbons (Fsp3) is 0. The van der Waals surface area contributed by atoms with Crippen LogP contribution in [0.15, 0.2) is 0 Å². The second-order valence-corrected chi connectivity index (χ2v) is 0.346. The normalized spacial score (nSPS) is 4.50. The molecule has 0 aliphatic carbocycles. The quantitative estimate of drug-likeness (QED) is 0.444. The number of rotatable bonds is 0. The summed E-state index contributed by atoms with van der Waals surface area (Å²) in [6.07, 6.45) is 0. The van der Waals surface area contributed by atoms with Crippen LogP contribution in [0.3, 0.4) is 0 Å². The molecule has 0 amide bonds. The summed E-state index contributed by atoms with van der Waals surface area (Å²) >= 11 is 0. The molecule has 0 aliphatic heterocycles. The molecule has 0 heterocycles. The van der Waals surface area contributed by atoms with E-state index in [1.165, 1.54) is 0 Å². The van der Waals surface area contributed by atoms with Gasteiger partial charge in [0.05, 0.1) is 0 Å². The van der Waals surface area contributed by atoms with E-state index < -0.39 is 7.32 Å². The molecule has 0 bridgehead atoms. The van der Waals surface area contributed by atoms with Gasteiger partial charge in [-0.05, 0) is 0 Å². The van der Waals surface area contributed by atoms with Crippen molar-refractivity contribution in [1.29, 1.82) is 0 Å². The van der Waals surface area contributed by atoms with Crippen LogP contribution >= 0.6 is 0 Å². The van der Waals surface area contributed by atoms with Gasteiger partial charge in [0, 0.05) is 83.0 Å². The van der Waals surface area contributed by atoms with E-state index >= 15 is 0 Å². The van der Waals surface area contributed by atoms with Gasteiger partial charge < -0.3 is 15.1 Å². The second-order valence-electron chi connectivity index (χ2n) is 0.346. The Bertz CT molecular complexity index is 15.5. The minimum absolute atomic E-state index is 0. The summed E-state index contributed by atoms with van der Waals surface area (Å²) in [5.74, 6) is 0.